The van der Waals surface area contributed by atoms with E-state index in [1.54, 1.807) is 6.20 Å². The Hall–Kier alpha value is -2.27. The lowest BCUT2D eigenvalue weighted by Gasteiger charge is -2.08. The van der Waals surface area contributed by atoms with Gasteiger partial charge in [0.15, 0.2) is 5.95 Å². The molecular weight excluding hydrogens is 250 g/mol. The van der Waals surface area contributed by atoms with Gasteiger partial charge in [-0.05, 0) is 38.2 Å². The highest BCUT2D eigenvalue weighted by molar-refractivity contribution is 5.87. The predicted octanol–water partition coefficient (Wildman–Crippen LogP) is 2.24. The summed E-state index contributed by atoms with van der Waals surface area (Å²) in [6, 6.07) is 6.35. The van der Waals surface area contributed by atoms with Crippen molar-refractivity contribution in [2.45, 2.75) is 6.42 Å². The highest BCUT2D eigenvalue weighted by atomic mass is 15.0. The minimum Gasteiger partial charge on any atom is -0.369 e. The highest BCUT2D eigenvalue weighted by Gasteiger charge is 2.07. The van der Waals surface area contributed by atoms with Crippen LogP contribution in [0.4, 0.5) is 5.95 Å². The van der Waals surface area contributed by atoms with Crippen molar-refractivity contribution in [3.8, 4) is 11.3 Å². The number of hydrogen-bond donors (Lipinski definition) is 3. The zero-order valence-electron chi connectivity index (χ0n) is 11.8. The zero-order chi connectivity index (χ0) is 14.1. The SMILES string of the molecule is CN(C)CCc1c[nH]c2ccc(-c3cnc(N)[nH]3)cc12. The molecule has 5 nitrogen and oxygen atoms in total. The number of nitrogens with one attached hydrogen (secondary N) is 2. The normalized spacial score (nSPS) is 11.6. The molecular formula is C15H19N5. The molecule has 0 saturated carbocycles. The fourth-order valence-corrected chi connectivity index (χ4v) is 2.38. The lowest BCUT2D eigenvalue weighted by atomic mass is 10.1. The van der Waals surface area contributed by atoms with Crippen LogP contribution in [0.5, 0.6) is 0 Å². The van der Waals surface area contributed by atoms with Crippen LogP contribution in [0.3, 0.4) is 0 Å². The van der Waals surface area contributed by atoms with Crippen LogP contribution in [0, 0.1) is 0 Å². The number of H-pyrrole nitrogens is 2. The van der Waals surface area contributed by atoms with Crippen LogP contribution in [0.2, 0.25) is 0 Å². The molecule has 0 unspecified atom stereocenters. The Morgan fingerprint density at radius 3 is 2.85 bits per heavy atom. The fourth-order valence-electron chi connectivity index (χ4n) is 2.38. The molecule has 0 atom stereocenters. The van der Waals surface area contributed by atoms with Crippen molar-refractivity contribution in [2.24, 2.45) is 0 Å². The molecule has 0 bridgehead atoms. The molecule has 104 valence electrons. The summed E-state index contributed by atoms with van der Waals surface area (Å²) < 4.78 is 0. The van der Waals surface area contributed by atoms with Crippen LogP contribution in [0.1, 0.15) is 5.56 Å². The average molecular weight is 269 g/mol. The molecule has 5 heteroatoms. The van der Waals surface area contributed by atoms with Gasteiger partial charge in [-0.3, -0.25) is 0 Å². The summed E-state index contributed by atoms with van der Waals surface area (Å²) in [6.45, 7) is 1.04. The Morgan fingerprint density at radius 2 is 2.15 bits per heavy atom. The van der Waals surface area contributed by atoms with Gasteiger partial charge in [-0.1, -0.05) is 6.07 Å². The molecule has 0 saturated heterocycles. The largest absolute Gasteiger partial charge is 0.369 e. The molecule has 0 amide bonds. The van der Waals surface area contributed by atoms with Crippen molar-refractivity contribution in [3.05, 3.63) is 36.2 Å². The van der Waals surface area contributed by atoms with Crippen molar-refractivity contribution in [3.63, 3.8) is 0 Å². The zero-order valence-corrected chi connectivity index (χ0v) is 11.8. The van der Waals surface area contributed by atoms with Crippen molar-refractivity contribution in [2.75, 3.05) is 26.4 Å². The smallest absolute Gasteiger partial charge is 0.197 e. The molecule has 0 aliphatic rings. The number of likely N-dealkylation sites (N-methyl/N-ethyl adjacent to an activating group) is 1. The van der Waals surface area contributed by atoms with Crippen LogP contribution in [0.15, 0.2) is 30.6 Å². The van der Waals surface area contributed by atoms with Gasteiger partial charge in [-0.2, -0.15) is 0 Å². The van der Waals surface area contributed by atoms with Crippen LogP contribution < -0.4 is 5.73 Å². The molecule has 3 aromatic rings. The van der Waals surface area contributed by atoms with E-state index in [4.69, 9.17) is 5.73 Å². The standard InChI is InChI=1S/C15H19N5/c1-20(2)6-5-11-8-17-13-4-3-10(7-12(11)13)14-9-18-15(16)19-14/h3-4,7-9,17H,5-6H2,1-2H3,(H3,16,18,19). The summed E-state index contributed by atoms with van der Waals surface area (Å²) >= 11 is 0. The maximum Gasteiger partial charge on any atom is 0.197 e. The lowest BCUT2D eigenvalue weighted by molar-refractivity contribution is 0.414. The van der Waals surface area contributed by atoms with Crippen LogP contribution in [0.25, 0.3) is 22.2 Å². The molecule has 1 aromatic carbocycles. The van der Waals surface area contributed by atoms with Gasteiger partial charge < -0.3 is 20.6 Å². The molecule has 0 fully saturated rings. The molecule has 0 radical (unpaired) electrons. The third-order valence-corrected chi connectivity index (χ3v) is 3.50. The molecule has 3 rings (SSSR count). The number of rotatable bonds is 4. The van der Waals surface area contributed by atoms with Gasteiger partial charge in [-0.15, -0.1) is 0 Å². The molecule has 0 aliphatic heterocycles. The van der Waals surface area contributed by atoms with Crippen molar-refractivity contribution in [1.82, 2.24) is 19.9 Å². The number of nitrogens with two attached hydrogens (primary N) is 1. The first kappa shape index (κ1) is 12.7. The summed E-state index contributed by atoms with van der Waals surface area (Å²) in [5.74, 6) is 0.446. The fraction of sp³-hybridized carbons (Fsp3) is 0.267. The van der Waals surface area contributed by atoms with Gasteiger partial charge in [-0.25, -0.2) is 4.98 Å². The first-order valence-corrected chi connectivity index (χ1v) is 6.69. The average Bonchev–Trinajstić information content (AvgIpc) is 3.02. The highest BCUT2D eigenvalue weighted by Crippen LogP contribution is 2.26. The molecule has 4 N–H and O–H groups in total. The second-order valence-electron chi connectivity index (χ2n) is 5.31. The second-order valence-corrected chi connectivity index (χ2v) is 5.31. The van der Waals surface area contributed by atoms with E-state index in [2.05, 4.69) is 58.3 Å². The Labute approximate surface area is 117 Å². The number of anilines is 1. The van der Waals surface area contributed by atoms with Gasteiger partial charge in [0.1, 0.15) is 0 Å². The van der Waals surface area contributed by atoms with Crippen LogP contribution in [-0.2, 0) is 6.42 Å². The maximum atomic E-state index is 5.64. The Bertz CT molecular complexity index is 723. The minimum atomic E-state index is 0.446. The molecule has 20 heavy (non-hydrogen) atoms. The quantitative estimate of drug-likeness (QED) is 0.680. The first-order chi connectivity index (χ1) is 9.63. The molecule has 0 aliphatic carbocycles. The minimum absolute atomic E-state index is 0.446. The van der Waals surface area contributed by atoms with E-state index < -0.39 is 0 Å². The third-order valence-electron chi connectivity index (χ3n) is 3.50. The van der Waals surface area contributed by atoms with E-state index in [1.807, 2.05) is 0 Å². The van der Waals surface area contributed by atoms with Crippen LogP contribution >= 0.6 is 0 Å². The summed E-state index contributed by atoms with van der Waals surface area (Å²) in [5, 5.41) is 1.26. The van der Waals surface area contributed by atoms with Crippen molar-refractivity contribution in [1.29, 1.82) is 0 Å². The maximum absolute atomic E-state index is 5.64. The third kappa shape index (κ3) is 2.40. The first-order valence-electron chi connectivity index (χ1n) is 6.69. The Kier molecular flexibility index (Phi) is 3.20. The number of benzene rings is 1. The van der Waals surface area contributed by atoms with E-state index in [-0.39, 0.29) is 0 Å². The summed E-state index contributed by atoms with van der Waals surface area (Å²) in [5.41, 5.74) is 10.2. The van der Waals surface area contributed by atoms with Crippen molar-refractivity contribution < 1.29 is 0 Å². The van der Waals surface area contributed by atoms with Gasteiger partial charge in [0, 0.05) is 29.2 Å². The summed E-state index contributed by atoms with van der Waals surface area (Å²) in [7, 11) is 4.18. The lowest BCUT2D eigenvalue weighted by Crippen LogP contribution is -2.14. The number of hydrogen-bond acceptors (Lipinski definition) is 3. The van der Waals surface area contributed by atoms with Gasteiger partial charge >= 0.3 is 0 Å². The van der Waals surface area contributed by atoms with Gasteiger partial charge in [0.05, 0.1) is 11.9 Å². The van der Waals surface area contributed by atoms with Gasteiger partial charge in [0.25, 0.3) is 0 Å². The number of nitrogen functional groups attached to an aromatic ring is 1. The molecule has 2 heterocycles. The van der Waals surface area contributed by atoms with E-state index in [1.165, 1.54) is 10.9 Å². The number of imidazole rings is 1. The van der Waals surface area contributed by atoms with E-state index >= 15 is 0 Å². The topological polar surface area (TPSA) is 73.7 Å². The summed E-state index contributed by atoms with van der Waals surface area (Å²) in [6.07, 6.45) is 4.89. The van der Waals surface area contributed by atoms with E-state index in [0.29, 0.717) is 5.95 Å². The molecule has 2 aromatic heterocycles. The predicted molar refractivity (Wildman–Crippen MR) is 82.6 cm³/mol. The number of aromatic amines is 2. The molecule has 0 spiro atoms. The van der Waals surface area contributed by atoms with E-state index in [9.17, 15) is 0 Å². The Balaban J connectivity index is 1.98. The Morgan fingerprint density at radius 1 is 1.30 bits per heavy atom. The number of nitrogens with zero attached hydrogens (tertiary/aromatic N) is 2. The number of fused-ring (bicyclic) bond motifs is 1. The monoisotopic (exact) mass is 269 g/mol. The van der Waals surface area contributed by atoms with Crippen LogP contribution in [-0.4, -0.2) is 40.5 Å². The van der Waals surface area contributed by atoms with Gasteiger partial charge in [0.2, 0.25) is 0 Å². The number of aromatic nitrogens is 3. The summed E-state index contributed by atoms with van der Waals surface area (Å²) in [4.78, 5) is 12.6. The second kappa shape index (κ2) is 5.02. The van der Waals surface area contributed by atoms with E-state index in [0.717, 1.165) is 29.7 Å². The van der Waals surface area contributed by atoms with Crippen molar-refractivity contribution >= 4 is 16.9 Å².